The molecule has 0 aliphatic carbocycles. The van der Waals surface area contributed by atoms with Crippen molar-refractivity contribution < 1.29 is 9.50 Å². The Kier molecular flexibility index (Phi) is 4.32. The number of pyridine rings is 1. The van der Waals surface area contributed by atoms with Crippen LogP contribution in [0.4, 0.5) is 4.39 Å². The Bertz CT molecular complexity index is 544. The summed E-state index contributed by atoms with van der Waals surface area (Å²) in [5, 5.41) is 10.5. The summed E-state index contributed by atoms with van der Waals surface area (Å²) in [7, 11) is 0. The van der Waals surface area contributed by atoms with Gasteiger partial charge in [-0.1, -0.05) is 27.5 Å². The van der Waals surface area contributed by atoms with E-state index in [-0.39, 0.29) is 12.2 Å². The topological polar surface area (TPSA) is 33.1 Å². The number of hydrogen-bond acceptors (Lipinski definition) is 2. The largest absolute Gasteiger partial charge is 0.386 e. The molecule has 94 valence electrons. The van der Waals surface area contributed by atoms with E-state index in [1.807, 2.05) is 0 Å². The number of aromatic nitrogens is 1. The lowest BCUT2D eigenvalue weighted by Gasteiger charge is -2.11. The molecule has 0 radical (unpaired) electrons. The first kappa shape index (κ1) is 13.5. The van der Waals surface area contributed by atoms with Gasteiger partial charge in [0.25, 0.3) is 0 Å². The fourth-order valence-electron chi connectivity index (χ4n) is 1.69. The molecule has 2 aromatic rings. The van der Waals surface area contributed by atoms with E-state index in [4.69, 9.17) is 11.6 Å². The Hall–Kier alpha value is -0.970. The summed E-state index contributed by atoms with van der Waals surface area (Å²) < 4.78 is 13.8. The van der Waals surface area contributed by atoms with Crippen LogP contribution in [0.1, 0.15) is 17.4 Å². The number of nitrogens with zero attached hydrogens (tertiary/aromatic N) is 1. The van der Waals surface area contributed by atoms with Crippen molar-refractivity contribution in [3.63, 3.8) is 0 Å². The van der Waals surface area contributed by atoms with Crippen LogP contribution < -0.4 is 0 Å². The van der Waals surface area contributed by atoms with Gasteiger partial charge in [-0.25, -0.2) is 4.39 Å². The van der Waals surface area contributed by atoms with Crippen LogP contribution in [0.3, 0.4) is 0 Å². The third-order valence-corrected chi connectivity index (χ3v) is 3.23. The fourth-order valence-corrected chi connectivity index (χ4v) is 2.45. The lowest BCUT2D eigenvalue weighted by Crippen LogP contribution is -2.05. The average Bonchev–Trinajstić information content (AvgIpc) is 2.27. The van der Waals surface area contributed by atoms with Crippen molar-refractivity contribution in [2.75, 3.05) is 0 Å². The van der Waals surface area contributed by atoms with E-state index in [0.717, 1.165) is 0 Å². The minimum atomic E-state index is -0.854. The molecule has 1 heterocycles. The molecule has 2 nitrogen and oxygen atoms in total. The van der Waals surface area contributed by atoms with Crippen molar-refractivity contribution >= 4 is 27.5 Å². The number of aliphatic hydroxyl groups is 1. The molecule has 0 fully saturated rings. The molecule has 0 aliphatic rings. The minimum Gasteiger partial charge on any atom is -0.386 e. The molecule has 0 bridgehead atoms. The molecule has 1 unspecified atom stereocenters. The normalized spacial score (nSPS) is 12.4. The van der Waals surface area contributed by atoms with Gasteiger partial charge in [-0.3, -0.25) is 4.98 Å². The Morgan fingerprint density at radius 3 is 2.83 bits per heavy atom. The van der Waals surface area contributed by atoms with Gasteiger partial charge in [-0.05, 0) is 35.9 Å². The predicted molar refractivity (Wildman–Crippen MR) is 72.0 cm³/mol. The summed E-state index contributed by atoms with van der Waals surface area (Å²) in [6.07, 6.45) is 0.964. The highest BCUT2D eigenvalue weighted by atomic mass is 79.9. The van der Waals surface area contributed by atoms with Crippen LogP contribution in [-0.2, 0) is 6.42 Å². The van der Waals surface area contributed by atoms with Crippen molar-refractivity contribution in [1.82, 2.24) is 4.98 Å². The van der Waals surface area contributed by atoms with E-state index in [9.17, 15) is 9.50 Å². The molecule has 0 amide bonds. The highest BCUT2D eigenvalue weighted by molar-refractivity contribution is 9.10. The number of halogens is 3. The zero-order valence-corrected chi connectivity index (χ0v) is 11.6. The Labute approximate surface area is 118 Å². The SMILES string of the molecule is OC(Cc1cc(F)cc(Br)c1)c1ncccc1Cl. The van der Waals surface area contributed by atoms with Crippen LogP contribution in [-0.4, -0.2) is 10.1 Å². The summed E-state index contributed by atoms with van der Waals surface area (Å²) in [4.78, 5) is 4.03. The minimum absolute atomic E-state index is 0.257. The second-order valence-corrected chi connectivity index (χ2v) is 5.19. The lowest BCUT2D eigenvalue weighted by molar-refractivity contribution is 0.173. The van der Waals surface area contributed by atoms with Crippen molar-refractivity contribution in [1.29, 1.82) is 0 Å². The third kappa shape index (κ3) is 3.28. The maximum atomic E-state index is 13.2. The molecule has 1 atom stereocenters. The maximum absolute atomic E-state index is 13.2. The first-order chi connectivity index (χ1) is 8.56. The third-order valence-electron chi connectivity index (χ3n) is 2.45. The molecular formula is C13H10BrClFNO. The summed E-state index contributed by atoms with van der Waals surface area (Å²) in [5.74, 6) is -0.348. The molecule has 0 aliphatic heterocycles. The predicted octanol–water partition coefficient (Wildman–Crippen LogP) is 3.91. The van der Waals surface area contributed by atoms with Crippen molar-refractivity contribution in [2.24, 2.45) is 0 Å². The maximum Gasteiger partial charge on any atom is 0.124 e. The highest BCUT2D eigenvalue weighted by Crippen LogP contribution is 2.25. The van der Waals surface area contributed by atoms with Gasteiger partial charge >= 0.3 is 0 Å². The molecule has 5 heteroatoms. The first-order valence-corrected chi connectivity index (χ1v) is 6.47. The van der Waals surface area contributed by atoms with Crippen LogP contribution in [0.25, 0.3) is 0 Å². The van der Waals surface area contributed by atoms with Crippen LogP contribution in [0.2, 0.25) is 5.02 Å². The van der Waals surface area contributed by atoms with Crippen LogP contribution >= 0.6 is 27.5 Å². The van der Waals surface area contributed by atoms with Gasteiger partial charge in [0.15, 0.2) is 0 Å². The number of rotatable bonds is 3. The van der Waals surface area contributed by atoms with E-state index < -0.39 is 6.10 Å². The van der Waals surface area contributed by atoms with Gasteiger partial charge < -0.3 is 5.11 Å². The summed E-state index contributed by atoms with van der Waals surface area (Å²) in [6.45, 7) is 0. The van der Waals surface area contributed by atoms with E-state index in [1.165, 1.54) is 12.1 Å². The van der Waals surface area contributed by atoms with E-state index in [2.05, 4.69) is 20.9 Å². The van der Waals surface area contributed by atoms with Crippen molar-refractivity contribution in [3.8, 4) is 0 Å². The zero-order chi connectivity index (χ0) is 13.1. The zero-order valence-electron chi connectivity index (χ0n) is 9.28. The van der Waals surface area contributed by atoms with E-state index >= 15 is 0 Å². The molecule has 18 heavy (non-hydrogen) atoms. The standard InChI is InChI=1S/C13H10BrClFNO/c14-9-4-8(5-10(16)7-9)6-12(18)13-11(15)2-1-3-17-13/h1-5,7,12,18H,6H2. The summed E-state index contributed by atoms with van der Waals surface area (Å²) in [5.41, 5.74) is 1.08. The average molecular weight is 331 g/mol. The second kappa shape index (κ2) is 5.78. The Morgan fingerprint density at radius 2 is 2.17 bits per heavy atom. The van der Waals surface area contributed by atoms with Gasteiger partial charge in [-0.2, -0.15) is 0 Å². The van der Waals surface area contributed by atoms with Crippen molar-refractivity contribution in [3.05, 3.63) is 63.1 Å². The van der Waals surface area contributed by atoms with Crippen molar-refractivity contribution in [2.45, 2.75) is 12.5 Å². The molecule has 2 rings (SSSR count). The second-order valence-electron chi connectivity index (χ2n) is 3.87. The number of benzene rings is 1. The van der Waals surface area contributed by atoms with Gasteiger partial charge in [0, 0.05) is 17.1 Å². The van der Waals surface area contributed by atoms with E-state index in [1.54, 1.807) is 24.4 Å². The van der Waals surface area contributed by atoms with Gasteiger partial charge in [0.2, 0.25) is 0 Å². The summed E-state index contributed by atoms with van der Waals surface area (Å²) >= 11 is 9.15. The summed E-state index contributed by atoms with van der Waals surface area (Å²) in [6, 6.07) is 7.85. The quantitative estimate of drug-likeness (QED) is 0.925. The lowest BCUT2D eigenvalue weighted by atomic mass is 10.1. The molecule has 0 spiro atoms. The van der Waals surface area contributed by atoms with Crippen LogP contribution in [0.5, 0.6) is 0 Å². The van der Waals surface area contributed by atoms with E-state index in [0.29, 0.717) is 20.8 Å². The van der Waals surface area contributed by atoms with Gasteiger partial charge in [-0.15, -0.1) is 0 Å². The number of hydrogen-bond donors (Lipinski definition) is 1. The smallest absolute Gasteiger partial charge is 0.124 e. The first-order valence-electron chi connectivity index (χ1n) is 5.29. The number of aliphatic hydroxyl groups excluding tert-OH is 1. The molecule has 0 saturated heterocycles. The molecule has 1 aromatic heterocycles. The highest BCUT2D eigenvalue weighted by Gasteiger charge is 2.14. The Balaban J connectivity index is 2.21. The molecule has 1 N–H and O–H groups in total. The van der Waals surface area contributed by atoms with Crippen LogP contribution in [0.15, 0.2) is 41.0 Å². The van der Waals surface area contributed by atoms with Gasteiger partial charge in [0.1, 0.15) is 11.9 Å². The fraction of sp³-hybridized carbons (Fsp3) is 0.154. The molecule has 0 saturated carbocycles. The molecule has 1 aromatic carbocycles. The monoisotopic (exact) mass is 329 g/mol. The molecular weight excluding hydrogens is 321 g/mol. The van der Waals surface area contributed by atoms with Gasteiger partial charge in [0.05, 0.1) is 10.7 Å². The Morgan fingerprint density at radius 1 is 1.39 bits per heavy atom. The van der Waals surface area contributed by atoms with Crippen LogP contribution in [0, 0.1) is 5.82 Å².